The van der Waals surface area contributed by atoms with Gasteiger partial charge in [-0.15, -0.1) is 22.4 Å². The Hall–Kier alpha value is -9.91. The number of ketones is 3. The topological polar surface area (TPSA) is 328 Å². The first kappa shape index (κ1) is 107. The van der Waals surface area contributed by atoms with Gasteiger partial charge in [-0.05, 0) is 162 Å². The second kappa shape index (κ2) is 49.8. The standard InChI is InChI=1S/C24H27NO3.C14H13F3O5S.C13H14O3.C11H16BNO3.C8H5F6NO4S2.C8H8O2.C5H8O2.C4H9N.2CH4/c1-3-25(4-2)23(26)19-11-9-18(10-12-19)21-17-24(13-15-27-16-14-24)28-22-8-6-5-7-20(21)22;15-14(16,17)23(18,19)22-12-9-13(5-7-20-8-6-13)21-11-4-2-1-3-10(11)12;14-11-9-13(5-7-15-8-6-13)16-12-4-2-1-3-10(11)12;1-3-13(4-2)11(14)9-5-7-10(8-6-9)12(15)16;9-7(10,11)18-19-20-15(6-4-2-1-3-5-6)21(16,17)8(12,13)14;1-6(9)7-4-2-3-5-8(7)10;6-5-1-3-7-4-2-5;1-2-4-5-3-1;;/h5-12,17H,3-4,13-16H2,1-2H3;1-4,9H,5-8H2;1-4H,5-9H2;5-8,15-16H,3-4H2,1-2H3;1-5H;2-5,10H,1H3;1-4H2;5H,1-4H2;2*1H4. The van der Waals surface area contributed by atoms with Gasteiger partial charge in [0.25, 0.3) is 11.8 Å². The number of rotatable bonds is 16. The van der Waals surface area contributed by atoms with Crippen molar-refractivity contribution in [3.8, 4) is 23.0 Å². The summed E-state index contributed by atoms with van der Waals surface area (Å²) in [6.45, 7) is 19.4. The van der Waals surface area contributed by atoms with Gasteiger partial charge < -0.3 is 67.6 Å². The Kier molecular flexibility index (Phi) is 41.5. The fourth-order valence-corrected chi connectivity index (χ4v) is 15.6. The highest BCUT2D eigenvalue weighted by Crippen LogP contribution is 2.46. The van der Waals surface area contributed by atoms with E-state index in [1.54, 1.807) is 65.6 Å². The molecule has 8 aliphatic heterocycles. The van der Waals surface area contributed by atoms with Gasteiger partial charge in [0.2, 0.25) is 0 Å². The number of ether oxygens (including phenoxy) is 7. The zero-order valence-corrected chi connectivity index (χ0v) is 72.2. The first-order valence-electron chi connectivity index (χ1n) is 40.4. The number of carbonyl (C=O) groups excluding carboxylic acids is 5. The van der Waals surface area contributed by atoms with Crippen LogP contribution in [0.3, 0.4) is 0 Å². The summed E-state index contributed by atoms with van der Waals surface area (Å²) < 4.78 is 202. The van der Waals surface area contributed by atoms with E-state index in [1.807, 2.05) is 87.2 Å². The molecule has 128 heavy (non-hydrogen) atoms. The number of hydrogen-bond acceptors (Lipinski definition) is 24. The SMILES string of the molecule is C.C.C1CCNC1.CC(=O)c1ccccc1O.CCN(CC)C(=O)c1ccc(B(O)O)cc1.CCN(CC)C(=O)c1ccc(C2=CC3(CCOCC3)Oc3ccccc32)cc1.O=C1CC2(CCOCC2)Oc2ccccc21.O=C1CCOCC1.O=S(=O)(N(SOOC(F)(F)F)c1ccccc1)C(F)(F)F.O=S(=O)(OC1=CC2(CCOCC2)Oc2ccccc21)C(F)(F)F. The predicted octanol–water partition coefficient (Wildman–Crippen LogP) is 16.4. The van der Waals surface area contributed by atoms with Crippen molar-refractivity contribution >= 4 is 91.1 Å². The highest BCUT2D eigenvalue weighted by Gasteiger charge is 2.53. The summed E-state index contributed by atoms with van der Waals surface area (Å²) in [5, 5.41) is 30.1. The smallest absolute Gasteiger partial charge is 0.507 e. The maximum Gasteiger partial charge on any atom is 0.550 e. The van der Waals surface area contributed by atoms with Crippen molar-refractivity contribution in [1.29, 1.82) is 0 Å². The molecule has 0 bridgehead atoms. The fraction of sp³-hybridized carbons (Fsp3) is 0.427. The Morgan fingerprint density at radius 1 is 0.523 bits per heavy atom. The van der Waals surface area contributed by atoms with Crippen molar-refractivity contribution in [3.63, 3.8) is 0 Å². The first-order chi connectivity index (χ1) is 59.8. The average Bonchev–Trinajstić information content (AvgIpc) is 0.838. The molecule has 5 saturated heterocycles. The Morgan fingerprint density at radius 3 is 1.38 bits per heavy atom. The van der Waals surface area contributed by atoms with Crippen molar-refractivity contribution in [1.82, 2.24) is 15.1 Å². The molecule has 700 valence electrons. The van der Waals surface area contributed by atoms with Crippen LogP contribution in [0.25, 0.3) is 11.3 Å². The van der Waals surface area contributed by atoms with E-state index in [9.17, 15) is 80.3 Å². The minimum atomic E-state index is -5.99. The molecule has 26 nitrogen and oxygen atoms in total. The van der Waals surface area contributed by atoms with Crippen LogP contribution >= 0.6 is 12.2 Å². The minimum Gasteiger partial charge on any atom is -0.507 e. The highest BCUT2D eigenvalue weighted by atomic mass is 32.3. The number of benzene rings is 7. The van der Waals surface area contributed by atoms with E-state index >= 15 is 0 Å². The van der Waals surface area contributed by atoms with Gasteiger partial charge in [0.15, 0.2) is 29.6 Å². The van der Waals surface area contributed by atoms with Crippen LogP contribution in [0.4, 0.5) is 45.2 Å². The maximum absolute atomic E-state index is 12.6. The third-order valence-electron chi connectivity index (χ3n) is 20.3. The number of Topliss-reactive ketones (excluding diaryl/α,β-unsaturated/α-hetero) is 3. The molecule has 0 radical (unpaired) electrons. The van der Waals surface area contributed by atoms with Gasteiger partial charge in [0.1, 0.15) is 45.6 Å². The van der Waals surface area contributed by atoms with Crippen molar-refractivity contribution in [2.24, 2.45) is 0 Å². The monoisotopic (exact) mass is 1860 g/mol. The number of anilines is 1. The molecule has 15 rings (SSSR count). The normalized spacial score (nSPS) is 16.6. The van der Waals surface area contributed by atoms with Crippen molar-refractivity contribution < 1.29 is 142 Å². The number of carbonyl (C=O) groups is 5. The molecular weight excluding hydrogens is 1750 g/mol. The predicted molar refractivity (Wildman–Crippen MR) is 465 cm³/mol. The third kappa shape index (κ3) is 30.9. The number of alkyl halides is 9. The zero-order valence-electron chi connectivity index (χ0n) is 69.7. The summed E-state index contributed by atoms with van der Waals surface area (Å²) in [6.07, 6.45) is 6.89. The van der Waals surface area contributed by atoms with Gasteiger partial charge in [-0.1, -0.05) is 112 Å². The van der Waals surface area contributed by atoms with E-state index in [0.29, 0.717) is 120 Å². The number of nitrogens with zero attached hydrogens (tertiary/aromatic N) is 3. The van der Waals surface area contributed by atoms with Crippen LogP contribution in [0.15, 0.2) is 188 Å². The largest absolute Gasteiger partial charge is 0.550 e. The summed E-state index contributed by atoms with van der Waals surface area (Å²) in [5.74, 6) is 2.09. The second-order valence-electron chi connectivity index (χ2n) is 29.0. The van der Waals surface area contributed by atoms with E-state index < -0.39 is 71.9 Å². The lowest BCUT2D eigenvalue weighted by molar-refractivity contribution is -0.440. The summed E-state index contributed by atoms with van der Waals surface area (Å²) >= 11 is -0.782. The molecule has 4 N–H and O–H groups in total. The lowest BCUT2D eigenvalue weighted by Crippen LogP contribution is -2.46. The number of halogens is 9. The van der Waals surface area contributed by atoms with E-state index in [4.69, 9.17) is 48.3 Å². The van der Waals surface area contributed by atoms with Crippen molar-refractivity contribution in [3.05, 3.63) is 227 Å². The highest BCUT2D eigenvalue weighted by molar-refractivity contribution is 8.12. The quantitative estimate of drug-likeness (QED) is 0.00803. The van der Waals surface area contributed by atoms with Crippen LogP contribution in [0, 0.1) is 0 Å². The number of phenols is 1. The number of amides is 2. The first-order valence-corrected chi connectivity index (χ1v) is 44.0. The Morgan fingerprint density at radius 2 is 0.953 bits per heavy atom. The van der Waals surface area contributed by atoms with Crippen molar-refractivity contribution in [2.75, 3.05) is 95.8 Å². The summed E-state index contributed by atoms with van der Waals surface area (Å²) in [7, 11) is -13.2. The molecular formula is C89H108BF9N4O22S3. The molecule has 8 heterocycles. The second-order valence-corrected chi connectivity index (χ2v) is 33.2. The van der Waals surface area contributed by atoms with Gasteiger partial charge in [-0.3, -0.25) is 24.0 Å². The van der Waals surface area contributed by atoms with Gasteiger partial charge >= 0.3 is 44.6 Å². The molecule has 0 aromatic heterocycles. The molecule has 0 saturated carbocycles. The molecule has 0 aliphatic carbocycles. The number of phenolic OH excluding ortho intramolecular Hbond substituents is 1. The molecule has 3 spiro atoms. The van der Waals surface area contributed by atoms with E-state index in [0.717, 1.165) is 84.7 Å². The maximum atomic E-state index is 12.6. The zero-order chi connectivity index (χ0) is 91.9. The van der Waals surface area contributed by atoms with Gasteiger partial charge in [-0.2, -0.15) is 46.9 Å². The molecule has 7 aromatic rings. The summed E-state index contributed by atoms with van der Waals surface area (Å²) in [5.41, 5.74) is -7.03. The molecule has 0 unspecified atom stereocenters. The van der Waals surface area contributed by atoms with Crippen LogP contribution in [-0.4, -0.2) is 204 Å². The lowest BCUT2D eigenvalue weighted by Gasteiger charge is -2.40. The number of para-hydroxylation sites is 5. The third-order valence-corrected chi connectivity index (χ3v) is 23.8. The molecule has 5 fully saturated rings. The van der Waals surface area contributed by atoms with Gasteiger partial charge in [0.05, 0.1) is 81.7 Å². The number of sulfonamides is 1. The van der Waals surface area contributed by atoms with Crippen LogP contribution in [-0.2, 0) is 57.3 Å². The number of fused-ring (bicyclic) bond motifs is 3. The van der Waals surface area contributed by atoms with Crippen molar-refractivity contribution in [2.45, 2.75) is 154 Å². The minimum absolute atomic E-state index is 0. The molecule has 2 amide bonds. The number of aromatic hydroxyl groups is 1. The average molecular weight is 1860 g/mol. The van der Waals surface area contributed by atoms with Crippen LogP contribution in [0.5, 0.6) is 23.0 Å². The molecule has 7 aromatic carbocycles. The van der Waals surface area contributed by atoms with E-state index in [-0.39, 0.29) is 72.3 Å². The Balaban J connectivity index is 0.000000234. The number of hydrogen-bond donors (Lipinski definition) is 4. The van der Waals surface area contributed by atoms with E-state index in [1.165, 1.54) is 74.8 Å². The summed E-state index contributed by atoms with van der Waals surface area (Å²) in [4.78, 5) is 64.0. The fourth-order valence-electron chi connectivity index (χ4n) is 13.5. The molecule has 8 aliphatic rings. The van der Waals surface area contributed by atoms with E-state index in [2.05, 4.69) is 43.0 Å². The molecule has 39 heteroatoms. The van der Waals surface area contributed by atoms with Crippen LogP contribution in [0.2, 0.25) is 0 Å². The number of nitrogens with one attached hydrogen (secondary N) is 1. The Labute approximate surface area is 744 Å². The van der Waals surface area contributed by atoms with Crippen LogP contribution in [0.1, 0.15) is 178 Å². The summed E-state index contributed by atoms with van der Waals surface area (Å²) in [6, 6.07) is 48.2. The lowest BCUT2D eigenvalue weighted by atomic mass is 9.80. The van der Waals surface area contributed by atoms with Crippen LogP contribution < -0.4 is 28.7 Å². The van der Waals surface area contributed by atoms with Gasteiger partial charge in [-0.25, -0.2) is 0 Å². The van der Waals surface area contributed by atoms with Gasteiger partial charge in [0, 0.05) is 100 Å². The Bertz CT molecular complexity index is 4990. The molecule has 0 atom stereocenters.